The summed E-state index contributed by atoms with van der Waals surface area (Å²) < 4.78 is 0. The van der Waals surface area contributed by atoms with Crippen LogP contribution in [-0.2, 0) is 0 Å². The largest absolute Gasteiger partial charge is 0.476 e. The van der Waals surface area contributed by atoms with Crippen LogP contribution in [0, 0.1) is 0 Å². The van der Waals surface area contributed by atoms with Crippen LogP contribution in [0.4, 0.5) is 5.82 Å². The van der Waals surface area contributed by atoms with Crippen LogP contribution >= 0.6 is 0 Å². The van der Waals surface area contributed by atoms with Gasteiger partial charge in [0.1, 0.15) is 5.82 Å². The molecule has 1 aromatic rings. The zero-order chi connectivity index (χ0) is 14.5. The van der Waals surface area contributed by atoms with E-state index in [0.717, 1.165) is 13.1 Å². The molecule has 1 N–H and O–H groups in total. The molecule has 0 amide bonds. The number of carboxylic acid groups (broad SMARTS) is 1. The molecule has 6 heteroatoms. The van der Waals surface area contributed by atoms with E-state index >= 15 is 0 Å². The number of hydrogen-bond acceptors (Lipinski definition) is 5. The van der Waals surface area contributed by atoms with Crippen molar-refractivity contribution in [1.29, 1.82) is 0 Å². The second kappa shape index (κ2) is 6.65. The van der Waals surface area contributed by atoms with Crippen LogP contribution in [0.2, 0.25) is 0 Å². The SMILES string of the molecule is CN(CCN(C)C1CCCC1)c1cnc(C(=O)O)cn1. The standard InChI is InChI=1S/C14H22N4O2/c1-17(11-5-3-4-6-11)7-8-18(2)13-10-15-12(9-16-13)14(19)20/h9-11H,3-8H2,1-2H3,(H,19,20). The molecule has 0 bridgehead atoms. The Balaban J connectivity index is 1.84. The molecule has 0 aromatic carbocycles. The number of hydrogen-bond donors (Lipinski definition) is 1. The van der Waals surface area contributed by atoms with Crippen LogP contribution in [0.15, 0.2) is 12.4 Å². The van der Waals surface area contributed by atoms with Gasteiger partial charge in [-0.1, -0.05) is 12.8 Å². The average molecular weight is 278 g/mol. The third kappa shape index (κ3) is 3.66. The minimum absolute atomic E-state index is 0.0229. The van der Waals surface area contributed by atoms with Gasteiger partial charge in [-0.25, -0.2) is 14.8 Å². The van der Waals surface area contributed by atoms with E-state index in [-0.39, 0.29) is 5.69 Å². The highest BCUT2D eigenvalue weighted by molar-refractivity contribution is 5.84. The van der Waals surface area contributed by atoms with Gasteiger partial charge in [-0.15, -0.1) is 0 Å². The van der Waals surface area contributed by atoms with Gasteiger partial charge in [0.25, 0.3) is 0 Å². The first kappa shape index (κ1) is 14.7. The third-order valence-corrected chi connectivity index (χ3v) is 3.98. The molecule has 0 spiro atoms. The highest BCUT2D eigenvalue weighted by atomic mass is 16.4. The predicted molar refractivity (Wildman–Crippen MR) is 77.1 cm³/mol. The van der Waals surface area contributed by atoms with Gasteiger partial charge in [0.2, 0.25) is 0 Å². The molecule has 0 aliphatic heterocycles. The molecular formula is C14H22N4O2. The van der Waals surface area contributed by atoms with Crippen molar-refractivity contribution in [3.05, 3.63) is 18.1 Å². The number of anilines is 1. The molecular weight excluding hydrogens is 256 g/mol. The van der Waals surface area contributed by atoms with E-state index in [1.54, 1.807) is 0 Å². The molecule has 1 aliphatic carbocycles. The van der Waals surface area contributed by atoms with Gasteiger partial charge in [-0.2, -0.15) is 0 Å². The Morgan fingerprint density at radius 3 is 2.50 bits per heavy atom. The lowest BCUT2D eigenvalue weighted by molar-refractivity contribution is 0.0690. The van der Waals surface area contributed by atoms with Crippen LogP contribution in [0.1, 0.15) is 36.2 Å². The van der Waals surface area contributed by atoms with Crippen molar-refractivity contribution in [1.82, 2.24) is 14.9 Å². The van der Waals surface area contributed by atoms with Crippen LogP contribution in [0.5, 0.6) is 0 Å². The number of carbonyl (C=O) groups is 1. The van der Waals surface area contributed by atoms with E-state index in [4.69, 9.17) is 5.11 Å². The Kier molecular flexibility index (Phi) is 4.89. The first-order chi connectivity index (χ1) is 9.58. The second-order valence-electron chi connectivity index (χ2n) is 5.41. The molecule has 0 saturated heterocycles. The van der Waals surface area contributed by atoms with Gasteiger partial charge in [0.15, 0.2) is 5.69 Å². The molecule has 2 rings (SSSR count). The lowest BCUT2D eigenvalue weighted by atomic mass is 10.2. The maximum atomic E-state index is 10.7. The fraction of sp³-hybridized carbons (Fsp3) is 0.643. The first-order valence-electron chi connectivity index (χ1n) is 7.04. The van der Waals surface area contributed by atoms with Crippen molar-refractivity contribution in [2.45, 2.75) is 31.7 Å². The Bertz CT molecular complexity index is 443. The van der Waals surface area contributed by atoms with E-state index in [1.165, 1.54) is 38.1 Å². The van der Waals surface area contributed by atoms with E-state index in [1.807, 2.05) is 11.9 Å². The fourth-order valence-corrected chi connectivity index (χ4v) is 2.58. The van der Waals surface area contributed by atoms with Crippen molar-refractivity contribution in [3.8, 4) is 0 Å². The molecule has 6 nitrogen and oxygen atoms in total. The van der Waals surface area contributed by atoms with E-state index in [0.29, 0.717) is 11.9 Å². The number of aromatic nitrogens is 2. The predicted octanol–water partition coefficient (Wildman–Crippen LogP) is 1.49. The Morgan fingerprint density at radius 2 is 1.95 bits per heavy atom. The molecule has 0 atom stereocenters. The second-order valence-corrected chi connectivity index (χ2v) is 5.41. The molecule has 110 valence electrons. The summed E-state index contributed by atoms with van der Waals surface area (Å²) in [4.78, 5) is 23.2. The van der Waals surface area contributed by atoms with Gasteiger partial charge in [-0.05, 0) is 19.9 Å². The lowest BCUT2D eigenvalue weighted by Gasteiger charge is -2.27. The molecule has 0 unspecified atom stereocenters. The normalized spacial score (nSPS) is 15.8. The van der Waals surface area contributed by atoms with Gasteiger partial charge >= 0.3 is 5.97 Å². The smallest absolute Gasteiger partial charge is 0.356 e. The van der Waals surface area contributed by atoms with Crippen LogP contribution in [0.3, 0.4) is 0 Å². The van der Waals surface area contributed by atoms with Crippen molar-refractivity contribution >= 4 is 11.8 Å². The summed E-state index contributed by atoms with van der Waals surface area (Å²) in [5.41, 5.74) is -0.0229. The first-order valence-corrected chi connectivity index (χ1v) is 7.04. The lowest BCUT2D eigenvalue weighted by Crippen LogP contribution is -2.36. The zero-order valence-electron chi connectivity index (χ0n) is 12.1. The highest BCUT2D eigenvalue weighted by Crippen LogP contribution is 2.22. The molecule has 1 heterocycles. The number of carboxylic acids is 1. The zero-order valence-corrected chi connectivity index (χ0v) is 12.1. The number of likely N-dealkylation sites (N-methyl/N-ethyl adjacent to an activating group) is 2. The van der Waals surface area contributed by atoms with E-state index in [9.17, 15) is 4.79 Å². The van der Waals surface area contributed by atoms with Crippen LogP contribution in [-0.4, -0.2) is 59.2 Å². The summed E-state index contributed by atoms with van der Waals surface area (Å²) in [6.07, 6.45) is 8.09. The Labute approximate surface area is 119 Å². The minimum atomic E-state index is -1.05. The van der Waals surface area contributed by atoms with Gasteiger partial charge in [0, 0.05) is 26.2 Å². The quantitative estimate of drug-likeness (QED) is 0.850. The van der Waals surface area contributed by atoms with E-state index < -0.39 is 5.97 Å². The van der Waals surface area contributed by atoms with Gasteiger partial charge in [-0.3, -0.25) is 0 Å². The topological polar surface area (TPSA) is 69.6 Å². The summed E-state index contributed by atoms with van der Waals surface area (Å²) in [5, 5.41) is 8.79. The molecule has 0 radical (unpaired) electrons. The highest BCUT2D eigenvalue weighted by Gasteiger charge is 2.19. The summed E-state index contributed by atoms with van der Waals surface area (Å²) in [6, 6.07) is 0.712. The minimum Gasteiger partial charge on any atom is -0.476 e. The van der Waals surface area contributed by atoms with Gasteiger partial charge < -0.3 is 14.9 Å². The van der Waals surface area contributed by atoms with Crippen molar-refractivity contribution < 1.29 is 9.90 Å². The molecule has 1 aliphatic rings. The number of rotatable bonds is 6. The number of aromatic carboxylic acids is 1. The monoisotopic (exact) mass is 278 g/mol. The summed E-state index contributed by atoms with van der Waals surface area (Å²) in [7, 11) is 4.12. The van der Waals surface area contributed by atoms with Crippen LogP contribution < -0.4 is 4.90 Å². The molecule has 1 aromatic heterocycles. The fourth-order valence-electron chi connectivity index (χ4n) is 2.58. The Morgan fingerprint density at radius 1 is 1.25 bits per heavy atom. The van der Waals surface area contributed by atoms with Crippen molar-refractivity contribution in [2.24, 2.45) is 0 Å². The summed E-state index contributed by atoms with van der Waals surface area (Å²) >= 11 is 0. The molecule has 1 fully saturated rings. The van der Waals surface area contributed by atoms with E-state index in [2.05, 4.69) is 21.9 Å². The Hall–Kier alpha value is -1.69. The maximum absolute atomic E-state index is 10.7. The average Bonchev–Trinajstić information content (AvgIpc) is 2.98. The molecule has 1 saturated carbocycles. The third-order valence-electron chi connectivity index (χ3n) is 3.98. The molecule has 20 heavy (non-hydrogen) atoms. The van der Waals surface area contributed by atoms with Gasteiger partial charge in [0.05, 0.1) is 12.4 Å². The summed E-state index contributed by atoms with van der Waals surface area (Å²) in [5.74, 6) is -0.345. The van der Waals surface area contributed by atoms with Crippen molar-refractivity contribution in [3.63, 3.8) is 0 Å². The van der Waals surface area contributed by atoms with Crippen LogP contribution in [0.25, 0.3) is 0 Å². The van der Waals surface area contributed by atoms with Crippen molar-refractivity contribution in [2.75, 3.05) is 32.1 Å². The maximum Gasteiger partial charge on any atom is 0.356 e. The summed E-state index contributed by atoms with van der Waals surface area (Å²) in [6.45, 7) is 1.83. The number of nitrogens with zero attached hydrogens (tertiary/aromatic N) is 4.